The van der Waals surface area contributed by atoms with Crippen molar-refractivity contribution in [2.75, 3.05) is 5.32 Å². The Morgan fingerprint density at radius 2 is 2.00 bits per heavy atom. The molecule has 0 spiro atoms. The molecule has 0 fully saturated rings. The molecular formula is C20H16BrF3N6O. The van der Waals surface area contributed by atoms with Gasteiger partial charge in [-0.05, 0) is 37.3 Å². The minimum absolute atomic E-state index is 0.0748. The molecule has 3 heterocycles. The van der Waals surface area contributed by atoms with Crippen molar-refractivity contribution in [2.24, 2.45) is 7.05 Å². The number of aromatic nitrogens is 5. The van der Waals surface area contributed by atoms with Crippen LogP contribution >= 0.6 is 15.9 Å². The minimum Gasteiger partial charge on any atom is -0.319 e. The quantitative estimate of drug-likeness (QED) is 0.453. The van der Waals surface area contributed by atoms with Gasteiger partial charge in [0.2, 0.25) is 0 Å². The molecule has 1 amide bonds. The van der Waals surface area contributed by atoms with E-state index in [0.29, 0.717) is 27.8 Å². The first-order valence-corrected chi connectivity index (χ1v) is 9.91. The van der Waals surface area contributed by atoms with Gasteiger partial charge in [-0.1, -0.05) is 15.9 Å². The summed E-state index contributed by atoms with van der Waals surface area (Å²) in [4.78, 5) is 16.6. The molecule has 0 saturated heterocycles. The smallest absolute Gasteiger partial charge is 0.319 e. The number of hydrogen-bond donors (Lipinski definition) is 1. The van der Waals surface area contributed by atoms with Gasteiger partial charge in [-0.2, -0.15) is 23.4 Å². The highest BCUT2D eigenvalue weighted by Crippen LogP contribution is 2.32. The second-order valence-electron chi connectivity index (χ2n) is 6.95. The molecular weight excluding hydrogens is 477 g/mol. The molecule has 0 aliphatic rings. The Morgan fingerprint density at radius 3 is 2.68 bits per heavy atom. The molecule has 0 aliphatic heterocycles. The number of halogens is 4. The van der Waals surface area contributed by atoms with Crippen LogP contribution in [0.25, 0.3) is 10.9 Å². The fourth-order valence-electron chi connectivity index (χ4n) is 3.15. The van der Waals surface area contributed by atoms with Crippen molar-refractivity contribution in [3.63, 3.8) is 0 Å². The lowest BCUT2D eigenvalue weighted by atomic mass is 10.1. The highest BCUT2D eigenvalue weighted by Gasteiger charge is 2.34. The van der Waals surface area contributed by atoms with E-state index >= 15 is 0 Å². The van der Waals surface area contributed by atoms with Crippen molar-refractivity contribution >= 4 is 38.4 Å². The first-order chi connectivity index (χ1) is 14.6. The Hall–Kier alpha value is -3.21. The van der Waals surface area contributed by atoms with Gasteiger partial charge in [0.25, 0.3) is 5.91 Å². The van der Waals surface area contributed by atoms with Crippen LogP contribution in [0.4, 0.5) is 18.9 Å². The third-order valence-corrected chi connectivity index (χ3v) is 5.23. The number of amides is 1. The van der Waals surface area contributed by atoms with E-state index in [4.69, 9.17) is 0 Å². The lowest BCUT2D eigenvalue weighted by Gasteiger charge is -2.12. The maximum atomic E-state index is 13.3. The molecule has 0 unspecified atom stereocenters. The topological polar surface area (TPSA) is 77.6 Å². The zero-order chi connectivity index (χ0) is 22.3. The number of alkyl halides is 3. The summed E-state index contributed by atoms with van der Waals surface area (Å²) < 4.78 is 43.9. The molecule has 11 heteroatoms. The van der Waals surface area contributed by atoms with Crippen LogP contribution in [-0.4, -0.2) is 30.5 Å². The van der Waals surface area contributed by atoms with Crippen molar-refractivity contribution in [1.29, 1.82) is 0 Å². The molecule has 0 saturated carbocycles. The number of pyridine rings is 1. The Morgan fingerprint density at radius 1 is 1.23 bits per heavy atom. The molecule has 3 aromatic heterocycles. The standard InChI is InChI=1S/C20H16BrF3N6O/c1-11-17(9-25-30(11)10-13-5-6-29(2)28-13)27-19(31)15-8-18(20(22,23)24)26-16-4-3-12(21)7-14(15)16/h3-9H,10H2,1-2H3,(H,27,31). The van der Waals surface area contributed by atoms with Crippen LogP contribution < -0.4 is 5.32 Å². The van der Waals surface area contributed by atoms with Gasteiger partial charge in [0, 0.05) is 23.1 Å². The van der Waals surface area contributed by atoms with Gasteiger partial charge in [-0.25, -0.2) is 4.98 Å². The van der Waals surface area contributed by atoms with E-state index in [0.717, 1.165) is 11.8 Å². The number of carbonyl (C=O) groups is 1. The lowest BCUT2D eigenvalue weighted by Crippen LogP contribution is -2.16. The summed E-state index contributed by atoms with van der Waals surface area (Å²) in [5.74, 6) is -0.684. The van der Waals surface area contributed by atoms with E-state index < -0.39 is 17.8 Å². The molecule has 0 radical (unpaired) electrons. The molecule has 1 aromatic carbocycles. The second kappa shape index (κ2) is 7.80. The van der Waals surface area contributed by atoms with Crippen LogP contribution in [0.1, 0.15) is 27.4 Å². The third-order valence-electron chi connectivity index (χ3n) is 4.74. The predicted molar refractivity (Wildman–Crippen MR) is 112 cm³/mol. The molecule has 1 N–H and O–H groups in total. The molecule has 0 atom stereocenters. The number of benzene rings is 1. The third kappa shape index (κ3) is 4.31. The van der Waals surface area contributed by atoms with Crippen LogP contribution in [0.3, 0.4) is 0 Å². The maximum absolute atomic E-state index is 13.3. The number of anilines is 1. The van der Waals surface area contributed by atoms with E-state index in [1.165, 1.54) is 12.3 Å². The van der Waals surface area contributed by atoms with Crippen LogP contribution in [-0.2, 0) is 19.8 Å². The number of nitrogens with zero attached hydrogens (tertiary/aromatic N) is 5. The van der Waals surface area contributed by atoms with Gasteiger partial charge in [0.15, 0.2) is 0 Å². The number of carbonyl (C=O) groups excluding carboxylic acids is 1. The number of nitrogens with one attached hydrogen (secondary N) is 1. The molecule has 160 valence electrons. The van der Waals surface area contributed by atoms with Crippen LogP contribution in [0.5, 0.6) is 0 Å². The van der Waals surface area contributed by atoms with Crippen LogP contribution in [0.15, 0.2) is 47.2 Å². The largest absolute Gasteiger partial charge is 0.433 e. The summed E-state index contributed by atoms with van der Waals surface area (Å²) in [6.07, 6.45) is -1.41. The molecule has 7 nitrogen and oxygen atoms in total. The van der Waals surface area contributed by atoms with Crippen molar-refractivity contribution in [3.05, 3.63) is 69.8 Å². The van der Waals surface area contributed by atoms with Gasteiger partial charge >= 0.3 is 6.18 Å². The van der Waals surface area contributed by atoms with E-state index in [1.807, 2.05) is 12.3 Å². The van der Waals surface area contributed by atoms with E-state index in [9.17, 15) is 18.0 Å². The van der Waals surface area contributed by atoms with Crippen LogP contribution in [0, 0.1) is 6.92 Å². The SMILES string of the molecule is Cc1c(NC(=O)c2cc(C(F)(F)F)nc3ccc(Br)cc23)cnn1Cc1ccn(C)n1. The average molecular weight is 493 g/mol. The van der Waals surface area contributed by atoms with Crippen LogP contribution in [0.2, 0.25) is 0 Å². The maximum Gasteiger partial charge on any atom is 0.433 e. The van der Waals surface area contributed by atoms with Gasteiger partial charge in [-0.3, -0.25) is 14.2 Å². The summed E-state index contributed by atoms with van der Waals surface area (Å²) >= 11 is 3.29. The van der Waals surface area contributed by atoms with Crippen molar-refractivity contribution in [2.45, 2.75) is 19.6 Å². The van der Waals surface area contributed by atoms with Gasteiger partial charge in [-0.15, -0.1) is 0 Å². The second-order valence-corrected chi connectivity index (χ2v) is 7.87. The molecule has 0 aliphatic carbocycles. The zero-order valence-electron chi connectivity index (χ0n) is 16.4. The zero-order valence-corrected chi connectivity index (χ0v) is 18.0. The summed E-state index contributed by atoms with van der Waals surface area (Å²) in [6, 6.07) is 7.18. The molecule has 4 rings (SSSR count). The number of aryl methyl sites for hydroxylation is 1. The highest BCUT2D eigenvalue weighted by atomic mass is 79.9. The summed E-state index contributed by atoms with van der Waals surface area (Å²) in [6.45, 7) is 2.15. The Labute approximate surface area is 183 Å². The Bertz CT molecular complexity index is 1290. The number of rotatable bonds is 4. The predicted octanol–water partition coefficient (Wildman–Crippen LogP) is 4.56. The fourth-order valence-corrected chi connectivity index (χ4v) is 3.51. The van der Waals surface area contributed by atoms with E-state index in [1.54, 1.807) is 35.5 Å². The van der Waals surface area contributed by atoms with Gasteiger partial charge in [0.05, 0.1) is 40.9 Å². The lowest BCUT2D eigenvalue weighted by molar-refractivity contribution is -0.140. The molecule has 4 aromatic rings. The summed E-state index contributed by atoms with van der Waals surface area (Å²) in [5.41, 5.74) is 0.645. The molecule has 0 bridgehead atoms. The Balaban J connectivity index is 1.68. The van der Waals surface area contributed by atoms with E-state index in [-0.39, 0.29) is 11.1 Å². The van der Waals surface area contributed by atoms with Gasteiger partial charge in [0.1, 0.15) is 5.69 Å². The first-order valence-electron chi connectivity index (χ1n) is 9.11. The number of fused-ring (bicyclic) bond motifs is 1. The minimum atomic E-state index is -4.68. The van der Waals surface area contributed by atoms with Gasteiger partial charge < -0.3 is 5.32 Å². The Kier molecular flexibility index (Phi) is 5.29. The van der Waals surface area contributed by atoms with Crippen molar-refractivity contribution in [3.8, 4) is 0 Å². The van der Waals surface area contributed by atoms with Crippen molar-refractivity contribution < 1.29 is 18.0 Å². The first kappa shape index (κ1) is 21.0. The fraction of sp³-hybridized carbons (Fsp3) is 0.200. The normalized spacial score (nSPS) is 11.8. The van der Waals surface area contributed by atoms with E-state index in [2.05, 4.69) is 36.4 Å². The summed E-state index contributed by atoms with van der Waals surface area (Å²) in [5, 5.41) is 11.5. The number of hydrogen-bond acceptors (Lipinski definition) is 4. The highest BCUT2D eigenvalue weighted by molar-refractivity contribution is 9.10. The molecule has 31 heavy (non-hydrogen) atoms. The summed E-state index contributed by atoms with van der Waals surface area (Å²) in [7, 11) is 1.80. The average Bonchev–Trinajstić information content (AvgIpc) is 3.26. The van der Waals surface area contributed by atoms with Crippen molar-refractivity contribution in [1.82, 2.24) is 24.5 Å². The monoisotopic (exact) mass is 492 g/mol.